The van der Waals surface area contributed by atoms with Crippen LogP contribution in [0.1, 0.15) is 37.5 Å². The van der Waals surface area contributed by atoms with Crippen LogP contribution in [0.2, 0.25) is 0 Å². The zero-order valence-electron chi connectivity index (χ0n) is 17.0. The van der Waals surface area contributed by atoms with Gasteiger partial charge in [0, 0.05) is 27.9 Å². The molecule has 0 saturated heterocycles. The Balaban J connectivity index is 1.82. The summed E-state index contributed by atoms with van der Waals surface area (Å²) in [5.41, 5.74) is 5.69. The Labute approximate surface area is 174 Å². The highest BCUT2D eigenvalue weighted by molar-refractivity contribution is 6.00. The fraction of sp³-hybridized carbons (Fsp3) is 0.154. The molecule has 150 valence electrons. The van der Waals surface area contributed by atoms with Crippen LogP contribution in [0.25, 0.3) is 28.5 Å². The first-order chi connectivity index (χ1) is 14.3. The second-order valence-electron chi connectivity index (χ2n) is 8.36. The molecule has 0 amide bonds. The number of benzene rings is 3. The minimum atomic E-state index is -0.325. The summed E-state index contributed by atoms with van der Waals surface area (Å²) in [6.07, 6.45) is 3.88. The molecule has 2 aliphatic rings. The maximum absolute atomic E-state index is 14.4. The fourth-order valence-corrected chi connectivity index (χ4v) is 4.40. The van der Waals surface area contributed by atoms with Crippen molar-refractivity contribution in [3.63, 3.8) is 0 Å². The van der Waals surface area contributed by atoms with Crippen LogP contribution in [0.15, 0.2) is 60.7 Å². The van der Waals surface area contributed by atoms with E-state index in [4.69, 9.17) is 4.74 Å². The highest BCUT2D eigenvalue weighted by Gasteiger charge is 2.31. The van der Waals surface area contributed by atoms with Crippen molar-refractivity contribution in [3.8, 4) is 16.9 Å². The number of anilines is 1. The third-order valence-electron chi connectivity index (χ3n) is 5.52. The first-order valence-corrected chi connectivity index (χ1v) is 9.92. The Bertz CT molecular complexity index is 1250. The molecule has 0 unspecified atom stereocenters. The molecule has 5 rings (SSSR count). The lowest BCUT2D eigenvalue weighted by Gasteiger charge is -2.35. The first kappa shape index (κ1) is 18.6. The third-order valence-corrected chi connectivity index (χ3v) is 5.52. The van der Waals surface area contributed by atoms with Crippen LogP contribution in [0, 0.1) is 11.6 Å². The molecule has 3 aromatic carbocycles. The number of allylic oxidation sites excluding steroid dienone is 1. The van der Waals surface area contributed by atoms with Gasteiger partial charge in [-0.1, -0.05) is 30.3 Å². The van der Waals surface area contributed by atoms with E-state index in [-0.39, 0.29) is 17.2 Å². The zero-order valence-corrected chi connectivity index (χ0v) is 17.0. The van der Waals surface area contributed by atoms with Crippen LogP contribution < -0.4 is 10.1 Å². The van der Waals surface area contributed by atoms with Crippen molar-refractivity contribution in [1.82, 2.24) is 0 Å². The van der Waals surface area contributed by atoms with Crippen LogP contribution in [0.4, 0.5) is 14.5 Å². The molecule has 0 atom stereocenters. The van der Waals surface area contributed by atoms with Gasteiger partial charge in [-0.05, 0) is 68.3 Å². The molecule has 2 heterocycles. The summed E-state index contributed by atoms with van der Waals surface area (Å²) in [6.45, 7) is 6.27. The van der Waals surface area contributed by atoms with Crippen LogP contribution in [0.5, 0.6) is 5.75 Å². The van der Waals surface area contributed by atoms with Crippen molar-refractivity contribution in [2.24, 2.45) is 0 Å². The summed E-state index contributed by atoms with van der Waals surface area (Å²) in [4.78, 5) is 0. The van der Waals surface area contributed by atoms with Crippen molar-refractivity contribution in [1.29, 1.82) is 0 Å². The lowest BCUT2D eigenvalue weighted by molar-refractivity contribution is 0.511. The maximum Gasteiger partial charge on any atom is 0.136 e. The number of rotatable bonds is 1. The van der Waals surface area contributed by atoms with Gasteiger partial charge in [0.15, 0.2) is 0 Å². The van der Waals surface area contributed by atoms with Gasteiger partial charge in [0.1, 0.15) is 23.1 Å². The molecule has 0 fully saturated rings. The van der Waals surface area contributed by atoms with Crippen molar-refractivity contribution < 1.29 is 13.5 Å². The molecule has 0 radical (unpaired) electrons. The number of nitrogens with one attached hydrogen (secondary N) is 1. The van der Waals surface area contributed by atoms with Gasteiger partial charge in [0.25, 0.3) is 0 Å². The molecule has 0 spiro atoms. The summed E-state index contributed by atoms with van der Waals surface area (Å²) in [7, 11) is 0. The molecule has 3 aromatic rings. The van der Waals surface area contributed by atoms with E-state index in [1.165, 1.54) is 18.2 Å². The molecular formula is C26H21F2NO. The average Bonchev–Trinajstić information content (AvgIpc) is 2.68. The zero-order chi connectivity index (χ0) is 21.0. The highest BCUT2D eigenvalue weighted by atomic mass is 19.1. The van der Waals surface area contributed by atoms with E-state index in [9.17, 15) is 8.78 Å². The lowest BCUT2D eigenvalue weighted by Crippen LogP contribution is -2.32. The lowest BCUT2D eigenvalue weighted by atomic mass is 9.83. The van der Waals surface area contributed by atoms with Gasteiger partial charge in [0.2, 0.25) is 0 Å². The van der Waals surface area contributed by atoms with Gasteiger partial charge in [-0.3, -0.25) is 0 Å². The van der Waals surface area contributed by atoms with Gasteiger partial charge >= 0.3 is 0 Å². The standard InChI is InChI=1S/C26H21F2NO/c1-15-14-26(2,3)29-21-10-9-18-19-13-17(27)8-11-22(19)30-23(25(18)24(15)21)12-16-6-4-5-7-20(16)28/h4-14,29H,1-3H3/b23-12-. The Morgan fingerprint density at radius 1 is 0.933 bits per heavy atom. The first-order valence-electron chi connectivity index (χ1n) is 9.92. The SMILES string of the molecule is CC1=CC(C)(C)Nc2ccc3c(c21)/C(=C/c1ccccc1F)Oc1ccc(F)cc1-3. The number of hydrogen-bond acceptors (Lipinski definition) is 2. The summed E-state index contributed by atoms with van der Waals surface area (Å²) in [6, 6.07) is 15.1. The van der Waals surface area contributed by atoms with Gasteiger partial charge in [-0.25, -0.2) is 8.78 Å². The van der Waals surface area contributed by atoms with Gasteiger partial charge in [-0.2, -0.15) is 0 Å². The van der Waals surface area contributed by atoms with E-state index in [1.807, 2.05) is 12.1 Å². The number of halogens is 2. The van der Waals surface area contributed by atoms with Gasteiger partial charge < -0.3 is 10.1 Å². The van der Waals surface area contributed by atoms with Crippen LogP contribution in [-0.4, -0.2) is 5.54 Å². The predicted octanol–water partition coefficient (Wildman–Crippen LogP) is 7.13. The molecule has 2 nitrogen and oxygen atoms in total. The molecule has 2 aliphatic heterocycles. The van der Waals surface area contributed by atoms with E-state index >= 15 is 0 Å². The third kappa shape index (κ3) is 3.00. The summed E-state index contributed by atoms with van der Waals surface area (Å²) >= 11 is 0. The quantitative estimate of drug-likeness (QED) is 0.468. The number of ether oxygens (including phenoxy) is 1. The van der Waals surface area contributed by atoms with E-state index in [0.717, 1.165) is 28.0 Å². The second kappa shape index (κ2) is 6.56. The van der Waals surface area contributed by atoms with Crippen LogP contribution >= 0.6 is 0 Å². The Morgan fingerprint density at radius 2 is 1.73 bits per heavy atom. The van der Waals surface area contributed by atoms with Gasteiger partial charge in [0.05, 0.1) is 5.54 Å². The Kier molecular flexibility index (Phi) is 4.07. The van der Waals surface area contributed by atoms with Crippen molar-refractivity contribution in [2.75, 3.05) is 5.32 Å². The fourth-order valence-electron chi connectivity index (χ4n) is 4.40. The smallest absolute Gasteiger partial charge is 0.136 e. The maximum atomic E-state index is 14.4. The highest BCUT2D eigenvalue weighted by Crippen LogP contribution is 2.49. The van der Waals surface area contributed by atoms with Crippen molar-refractivity contribution in [2.45, 2.75) is 26.3 Å². The van der Waals surface area contributed by atoms with E-state index in [0.29, 0.717) is 22.6 Å². The van der Waals surface area contributed by atoms with E-state index < -0.39 is 0 Å². The number of fused-ring (bicyclic) bond motifs is 5. The predicted molar refractivity (Wildman–Crippen MR) is 118 cm³/mol. The van der Waals surface area contributed by atoms with E-state index in [2.05, 4.69) is 32.2 Å². The molecule has 0 saturated carbocycles. The monoisotopic (exact) mass is 401 g/mol. The average molecular weight is 401 g/mol. The molecule has 0 aromatic heterocycles. The summed E-state index contributed by atoms with van der Waals surface area (Å²) in [5, 5.41) is 3.54. The minimum absolute atomic E-state index is 0.194. The molecule has 4 heteroatoms. The molecule has 0 aliphatic carbocycles. The minimum Gasteiger partial charge on any atom is -0.456 e. The normalized spacial score (nSPS) is 17.2. The molecule has 30 heavy (non-hydrogen) atoms. The topological polar surface area (TPSA) is 21.3 Å². The van der Waals surface area contributed by atoms with E-state index in [1.54, 1.807) is 30.3 Å². The summed E-state index contributed by atoms with van der Waals surface area (Å²) in [5.74, 6) is 0.447. The molecule has 0 bridgehead atoms. The Hall–Kier alpha value is -3.40. The largest absolute Gasteiger partial charge is 0.456 e. The Morgan fingerprint density at radius 3 is 2.53 bits per heavy atom. The van der Waals surface area contributed by atoms with Gasteiger partial charge in [-0.15, -0.1) is 0 Å². The van der Waals surface area contributed by atoms with Crippen LogP contribution in [-0.2, 0) is 0 Å². The van der Waals surface area contributed by atoms with Crippen molar-refractivity contribution >= 4 is 23.1 Å². The summed E-state index contributed by atoms with van der Waals surface area (Å²) < 4.78 is 34.7. The number of hydrogen-bond donors (Lipinski definition) is 1. The van der Waals surface area contributed by atoms with Crippen LogP contribution in [0.3, 0.4) is 0 Å². The second-order valence-corrected chi connectivity index (χ2v) is 8.36. The molecular weight excluding hydrogens is 380 g/mol. The van der Waals surface area contributed by atoms with Crippen molar-refractivity contribution in [3.05, 3.63) is 89.0 Å². The molecule has 1 N–H and O–H groups in total.